The fourth-order valence-electron chi connectivity index (χ4n) is 2.04. The van der Waals surface area contributed by atoms with E-state index in [1.54, 1.807) is 0 Å². The van der Waals surface area contributed by atoms with Gasteiger partial charge in [-0.1, -0.05) is 0 Å². The molecule has 0 aliphatic heterocycles. The molecule has 102 valence electrons. The van der Waals surface area contributed by atoms with Gasteiger partial charge >= 0.3 is 103 Å². The van der Waals surface area contributed by atoms with E-state index in [-0.39, 0.29) is 119 Å². The third kappa shape index (κ3) is 5.16. The van der Waals surface area contributed by atoms with E-state index in [2.05, 4.69) is 0 Å². The molecule has 0 heterocycles. The molecule has 0 aliphatic carbocycles. The molecule has 1 aromatic rings. The summed E-state index contributed by atoms with van der Waals surface area (Å²) in [5.41, 5.74) is 0.352. The molecule has 0 N–H and O–H groups in total. The molecule has 0 unspecified atom stereocenters. The normalized spacial score (nSPS) is 11.5. The second kappa shape index (κ2) is 8.42. The zero-order valence-electron chi connectivity index (χ0n) is 12.3. The Morgan fingerprint density at radius 3 is 1.05 bits per heavy atom. The van der Waals surface area contributed by atoms with Crippen LogP contribution >= 0.6 is 0 Å². The van der Waals surface area contributed by atoms with Gasteiger partial charge in [0.25, 0.3) is 0 Å². The van der Waals surface area contributed by atoms with Crippen molar-refractivity contribution in [2.75, 3.05) is 0 Å². The van der Waals surface area contributed by atoms with E-state index in [9.17, 15) is 25.9 Å². The van der Waals surface area contributed by atoms with E-state index in [0.29, 0.717) is 5.56 Å². The molecule has 6 nitrogen and oxygen atoms in total. The van der Waals surface area contributed by atoms with Crippen LogP contribution in [0.2, 0.25) is 0 Å². The van der Waals surface area contributed by atoms with Crippen molar-refractivity contribution in [2.24, 2.45) is 0 Å². The van der Waals surface area contributed by atoms with E-state index in [1.807, 2.05) is 0 Å². The summed E-state index contributed by atoms with van der Waals surface area (Å²) in [7, 11) is -9.68. The maximum absolute atomic E-state index is 11.2. The summed E-state index contributed by atoms with van der Waals surface area (Å²) in [6, 6.07) is 0. The Labute approximate surface area is 204 Å². The molecule has 20 heavy (non-hydrogen) atoms. The summed E-state index contributed by atoms with van der Waals surface area (Å²) in [6.45, 7) is 5.42. The van der Waals surface area contributed by atoms with Crippen molar-refractivity contribution in [3.05, 3.63) is 22.3 Å². The van der Waals surface area contributed by atoms with Crippen LogP contribution in [0.4, 0.5) is 0 Å². The standard InChI is InChI=1S/C10H14O6S2.2K/c1-5-6(2)9(17(11,12)13)8(4)10(7(5)3)18(14,15)16;;/h1-4H3,(H,11,12,13)(H,14,15,16);;/q;2*+1/p-2. The molecule has 0 bridgehead atoms. The van der Waals surface area contributed by atoms with Gasteiger partial charge in [0.2, 0.25) is 0 Å². The van der Waals surface area contributed by atoms with E-state index < -0.39 is 30.0 Å². The molecule has 0 fully saturated rings. The Morgan fingerprint density at radius 1 is 0.600 bits per heavy atom. The number of benzene rings is 1. The van der Waals surface area contributed by atoms with Crippen molar-refractivity contribution in [1.82, 2.24) is 0 Å². The van der Waals surface area contributed by atoms with Crippen LogP contribution in [0.5, 0.6) is 0 Å². The van der Waals surface area contributed by atoms with Crippen molar-refractivity contribution < 1.29 is 129 Å². The van der Waals surface area contributed by atoms with Gasteiger partial charge in [0, 0.05) is 0 Å². The Hall–Kier alpha value is 2.31. The Kier molecular flexibility index (Phi) is 10.3. The minimum Gasteiger partial charge on any atom is -0.744 e. The quantitative estimate of drug-likeness (QED) is 0.379. The van der Waals surface area contributed by atoms with Crippen molar-refractivity contribution in [1.29, 1.82) is 0 Å². The van der Waals surface area contributed by atoms with Crippen LogP contribution < -0.4 is 103 Å². The molecule has 0 amide bonds. The minimum atomic E-state index is -4.84. The Bertz CT molecular complexity index is 664. The minimum absolute atomic E-state index is 0. The first-order valence-electron chi connectivity index (χ1n) is 4.91. The van der Waals surface area contributed by atoms with Gasteiger partial charge in [-0.25, -0.2) is 16.8 Å². The summed E-state index contributed by atoms with van der Waals surface area (Å²) >= 11 is 0. The van der Waals surface area contributed by atoms with Gasteiger partial charge in [-0.05, 0) is 49.9 Å². The number of hydrogen-bond acceptors (Lipinski definition) is 6. The van der Waals surface area contributed by atoms with Gasteiger partial charge in [0.15, 0.2) is 0 Å². The molecule has 0 saturated heterocycles. The second-order valence-corrected chi connectivity index (χ2v) is 6.70. The summed E-state index contributed by atoms with van der Waals surface area (Å²) in [5.74, 6) is 0. The molecule has 0 saturated carbocycles. The van der Waals surface area contributed by atoms with Gasteiger partial charge in [-0.2, -0.15) is 0 Å². The molecule has 0 aromatic heterocycles. The molecule has 0 radical (unpaired) electrons. The van der Waals surface area contributed by atoms with E-state index in [4.69, 9.17) is 0 Å². The first kappa shape index (κ1) is 24.6. The van der Waals surface area contributed by atoms with Crippen LogP contribution in [0, 0.1) is 27.7 Å². The van der Waals surface area contributed by atoms with Crippen LogP contribution in [0.3, 0.4) is 0 Å². The largest absolute Gasteiger partial charge is 1.00 e. The molecular formula is C10H12K2O6S2. The second-order valence-electron chi connectivity index (χ2n) is 4.07. The average Bonchev–Trinajstić information content (AvgIpc) is 2.09. The maximum atomic E-state index is 11.2. The van der Waals surface area contributed by atoms with Gasteiger partial charge in [-0.3, -0.25) is 0 Å². The number of hydrogen-bond donors (Lipinski definition) is 0. The van der Waals surface area contributed by atoms with E-state index in [0.717, 1.165) is 6.92 Å². The summed E-state index contributed by atoms with van der Waals surface area (Å²) in [6.07, 6.45) is 0. The van der Waals surface area contributed by atoms with Crippen molar-refractivity contribution in [3.8, 4) is 0 Å². The number of rotatable bonds is 2. The Balaban J connectivity index is 0. The third-order valence-electron chi connectivity index (χ3n) is 2.99. The van der Waals surface area contributed by atoms with Gasteiger partial charge < -0.3 is 9.11 Å². The van der Waals surface area contributed by atoms with Crippen molar-refractivity contribution in [2.45, 2.75) is 37.5 Å². The predicted octanol–water partition coefficient (Wildman–Crippen LogP) is -5.26. The van der Waals surface area contributed by atoms with Gasteiger partial charge in [0.1, 0.15) is 20.2 Å². The van der Waals surface area contributed by atoms with Crippen molar-refractivity contribution >= 4 is 20.2 Å². The van der Waals surface area contributed by atoms with E-state index >= 15 is 0 Å². The van der Waals surface area contributed by atoms with Crippen LogP contribution in [-0.2, 0) is 20.2 Å². The monoisotopic (exact) mass is 370 g/mol. The van der Waals surface area contributed by atoms with Crippen LogP contribution in [-0.4, -0.2) is 25.9 Å². The zero-order valence-corrected chi connectivity index (χ0v) is 20.1. The molecule has 0 spiro atoms. The molecule has 1 aromatic carbocycles. The van der Waals surface area contributed by atoms with Crippen LogP contribution in [0.25, 0.3) is 0 Å². The first-order valence-corrected chi connectivity index (χ1v) is 7.72. The fraction of sp³-hybridized carbons (Fsp3) is 0.400. The van der Waals surface area contributed by atoms with Gasteiger partial charge in [-0.15, -0.1) is 0 Å². The topological polar surface area (TPSA) is 114 Å². The molecular weight excluding hydrogens is 358 g/mol. The van der Waals surface area contributed by atoms with Crippen LogP contribution in [0.1, 0.15) is 22.3 Å². The molecule has 0 atom stereocenters. The molecule has 0 aliphatic rings. The van der Waals surface area contributed by atoms with Crippen LogP contribution in [0.15, 0.2) is 9.79 Å². The van der Waals surface area contributed by atoms with Crippen molar-refractivity contribution in [3.63, 3.8) is 0 Å². The summed E-state index contributed by atoms with van der Waals surface area (Å²) < 4.78 is 67.0. The third-order valence-corrected chi connectivity index (χ3v) is 5.21. The maximum Gasteiger partial charge on any atom is 1.00 e. The Morgan fingerprint density at radius 2 is 0.850 bits per heavy atom. The predicted molar refractivity (Wildman–Crippen MR) is 61.3 cm³/mol. The molecule has 1 rings (SSSR count). The molecule has 10 heteroatoms. The zero-order chi connectivity index (χ0) is 14.5. The SMILES string of the molecule is Cc1c(C)c(S(=O)(=O)[O-])c(C)c(S(=O)(=O)[O-])c1C.[K+].[K+]. The van der Waals surface area contributed by atoms with Gasteiger partial charge in [0.05, 0.1) is 9.79 Å². The summed E-state index contributed by atoms with van der Waals surface area (Å²) in [5, 5.41) is 0. The average molecular weight is 371 g/mol. The van der Waals surface area contributed by atoms with E-state index in [1.165, 1.54) is 20.8 Å². The smallest absolute Gasteiger partial charge is 0.744 e. The fourth-order valence-corrected chi connectivity index (χ4v) is 4.11. The first-order chi connectivity index (χ1) is 7.89. The summed E-state index contributed by atoms with van der Waals surface area (Å²) in [4.78, 5) is -1.25.